The van der Waals surface area contributed by atoms with E-state index in [9.17, 15) is 15.0 Å². The number of benzene rings is 1. The number of aliphatic hydroxyl groups is 2. The van der Waals surface area contributed by atoms with Crippen LogP contribution in [0.25, 0.3) is 0 Å². The van der Waals surface area contributed by atoms with Crippen molar-refractivity contribution in [1.29, 1.82) is 0 Å². The first-order valence-electron chi connectivity index (χ1n) is 10.1. The van der Waals surface area contributed by atoms with E-state index in [1.54, 1.807) is 32.0 Å². The highest BCUT2D eigenvalue weighted by atomic mass is 16.3. The summed E-state index contributed by atoms with van der Waals surface area (Å²) in [6, 6.07) is 7.10. The van der Waals surface area contributed by atoms with Gasteiger partial charge in [-0.3, -0.25) is 4.79 Å². The van der Waals surface area contributed by atoms with E-state index < -0.39 is 11.2 Å². The van der Waals surface area contributed by atoms with Crippen molar-refractivity contribution >= 4 is 5.91 Å². The number of carbonyl (C=O) groups excluding carboxylic acids is 1. The Morgan fingerprint density at radius 3 is 2.41 bits per heavy atom. The molecule has 0 radical (unpaired) electrons. The maximum atomic E-state index is 12.7. The van der Waals surface area contributed by atoms with Crippen molar-refractivity contribution < 1.29 is 15.0 Å². The Kier molecular flexibility index (Phi) is 4.56. The van der Waals surface area contributed by atoms with Crippen molar-refractivity contribution in [2.24, 2.45) is 23.7 Å². The van der Waals surface area contributed by atoms with Gasteiger partial charge in [0.2, 0.25) is 0 Å². The third-order valence-electron chi connectivity index (χ3n) is 6.72. The van der Waals surface area contributed by atoms with Crippen LogP contribution in [-0.2, 0) is 0 Å². The zero-order chi connectivity index (χ0) is 19.2. The third kappa shape index (κ3) is 3.77. The lowest BCUT2D eigenvalue weighted by Crippen LogP contribution is -2.62. The largest absolute Gasteiger partial charge is 0.387 e. The van der Waals surface area contributed by atoms with Crippen LogP contribution in [0.3, 0.4) is 0 Å². The molecule has 0 spiro atoms. The molecule has 0 aromatic heterocycles. The molecule has 0 unspecified atom stereocenters. The Balaban J connectivity index is 1.43. The molecule has 4 heteroatoms. The van der Waals surface area contributed by atoms with E-state index in [1.807, 2.05) is 6.07 Å². The van der Waals surface area contributed by atoms with Crippen LogP contribution in [0.15, 0.2) is 24.3 Å². The third-order valence-corrected chi connectivity index (χ3v) is 6.72. The molecule has 1 aromatic rings. The molecule has 4 bridgehead atoms. The van der Waals surface area contributed by atoms with Crippen LogP contribution in [0.5, 0.6) is 0 Å². The first-order valence-corrected chi connectivity index (χ1v) is 10.1. The highest BCUT2D eigenvalue weighted by molar-refractivity contribution is 5.94. The summed E-state index contributed by atoms with van der Waals surface area (Å²) >= 11 is 0. The second kappa shape index (κ2) is 6.65. The molecule has 0 saturated heterocycles. The Morgan fingerprint density at radius 1 is 1.19 bits per heavy atom. The standard InChI is InChI=1S/C23H29NO3/c1-22(2,26)7-6-15-4-3-5-18(9-15)21(25)24-14-23(27)19-10-16-8-17(12-19)13-20(23)11-16/h3-5,9,16-17,19-20,26-27H,8,10-14H2,1-2H3,(H,24,25). The molecule has 1 aromatic carbocycles. The molecule has 4 saturated carbocycles. The highest BCUT2D eigenvalue weighted by Crippen LogP contribution is 2.58. The normalized spacial score (nSPS) is 34.1. The minimum absolute atomic E-state index is 0.177. The Labute approximate surface area is 161 Å². The summed E-state index contributed by atoms with van der Waals surface area (Å²) in [4.78, 5) is 12.7. The molecule has 1 amide bonds. The van der Waals surface area contributed by atoms with E-state index in [2.05, 4.69) is 17.2 Å². The van der Waals surface area contributed by atoms with E-state index in [0.29, 0.717) is 29.5 Å². The van der Waals surface area contributed by atoms with E-state index in [4.69, 9.17) is 0 Å². The minimum atomic E-state index is -1.07. The second-order valence-corrected chi connectivity index (χ2v) is 9.37. The highest BCUT2D eigenvalue weighted by Gasteiger charge is 2.56. The van der Waals surface area contributed by atoms with Gasteiger partial charge in [0.1, 0.15) is 5.60 Å². The second-order valence-electron chi connectivity index (χ2n) is 9.37. The predicted octanol–water partition coefficient (Wildman–Crippen LogP) is 2.73. The van der Waals surface area contributed by atoms with Crippen molar-refractivity contribution in [3.63, 3.8) is 0 Å². The van der Waals surface area contributed by atoms with Gasteiger partial charge in [0.05, 0.1) is 5.60 Å². The van der Waals surface area contributed by atoms with Gasteiger partial charge in [0, 0.05) is 17.7 Å². The van der Waals surface area contributed by atoms with Crippen molar-refractivity contribution in [3.8, 4) is 11.8 Å². The molecule has 5 rings (SSSR count). The van der Waals surface area contributed by atoms with Gasteiger partial charge in [-0.25, -0.2) is 0 Å². The van der Waals surface area contributed by atoms with E-state index in [1.165, 1.54) is 6.42 Å². The Hall–Kier alpha value is -1.83. The minimum Gasteiger partial charge on any atom is -0.387 e. The molecule has 4 fully saturated rings. The fourth-order valence-corrected chi connectivity index (χ4v) is 5.58. The van der Waals surface area contributed by atoms with Crippen molar-refractivity contribution in [1.82, 2.24) is 5.32 Å². The molecule has 27 heavy (non-hydrogen) atoms. The molecule has 0 aliphatic heterocycles. The molecule has 4 nitrogen and oxygen atoms in total. The number of hydrogen-bond acceptors (Lipinski definition) is 3. The summed E-state index contributed by atoms with van der Waals surface area (Å²) in [5, 5.41) is 24.1. The van der Waals surface area contributed by atoms with Crippen LogP contribution >= 0.6 is 0 Å². The van der Waals surface area contributed by atoms with E-state index in [-0.39, 0.29) is 5.91 Å². The Bertz CT molecular complexity index is 768. The molecular formula is C23H29NO3. The zero-order valence-corrected chi connectivity index (χ0v) is 16.2. The first kappa shape index (κ1) is 18.5. The summed E-state index contributed by atoms with van der Waals surface area (Å²) in [7, 11) is 0. The van der Waals surface area contributed by atoms with Crippen LogP contribution in [0.4, 0.5) is 0 Å². The van der Waals surface area contributed by atoms with Gasteiger partial charge < -0.3 is 15.5 Å². The molecule has 0 atom stereocenters. The average molecular weight is 367 g/mol. The van der Waals surface area contributed by atoms with E-state index in [0.717, 1.165) is 37.5 Å². The summed E-state index contributed by atoms with van der Waals surface area (Å²) in [5.74, 6) is 7.73. The van der Waals surface area contributed by atoms with Crippen LogP contribution in [0, 0.1) is 35.5 Å². The molecular weight excluding hydrogens is 338 g/mol. The predicted molar refractivity (Wildman–Crippen MR) is 104 cm³/mol. The molecule has 4 aliphatic rings. The summed E-state index contributed by atoms with van der Waals surface area (Å²) in [6.07, 6.45) is 5.79. The van der Waals surface area contributed by atoms with Crippen LogP contribution < -0.4 is 5.32 Å². The van der Waals surface area contributed by atoms with E-state index >= 15 is 0 Å². The number of hydrogen-bond donors (Lipinski definition) is 3. The quantitative estimate of drug-likeness (QED) is 0.720. The first-order chi connectivity index (χ1) is 12.7. The van der Waals surface area contributed by atoms with Gasteiger partial charge >= 0.3 is 0 Å². The van der Waals surface area contributed by atoms with Gasteiger partial charge in [-0.15, -0.1) is 0 Å². The number of amides is 1. The van der Waals surface area contributed by atoms with Gasteiger partial charge in [-0.2, -0.15) is 0 Å². The monoisotopic (exact) mass is 367 g/mol. The van der Waals surface area contributed by atoms with Crippen LogP contribution in [0.2, 0.25) is 0 Å². The van der Waals surface area contributed by atoms with Crippen molar-refractivity contribution in [2.75, 3.05) is 6.54 Å². The maximum absolute atomic E-state index is 12.7. The smallest absolute Gasteiger partial charge is 0.251 e. The summed E-state index contributed by atoms with van der Waals surface area (Å²) in [6.45, 7) is 3.59. The van der Waals surface area contributed by atoms with Gasteiger partial charge in [0.25, 0.3) is 5.91 Å². The number of rotatable bonds is 3. The lowest BCUT2D eigenvalue weighted by atomic mass is 9.50. The van der Waals surface area contributed by atoms with Gasteiger partial charge in [0.15, 0.2) is 0 Å². The van der Waals surface area contributed by atoms with Gasteiger partial charge in [-0.1, -0.05) is 17.9 Å². The topological polar surface area (TPSA) is 69.6 Å². The SMILES string of the molecule is CC(C)(O)C#Cc1cccc(C(=O)NCC2(O)C3CC4CC(C3)CC2C4)c1. The maximum Gasteiger partial charge on any atom is 0.251 e. The average Bonchev–Trinajstić information content (AvgIpc) is 2.62. The fraction of sp³-hybridized carbons (Fsp3) is 0.609. The molecule has 0 heterocycles. The van der Waals surface area contributed by atoms with Crippen LogP contribution in [-0.4, -0.2) is 33.9 Å². The fourth-order valence-electron chi connectivity index (χ4n) is 5.58. The van der Waals surface area contributed by atoms with Crippen molar-refractivity contribution in [3.05, 3.63) is 35.4 Å². The molecule has 3 N–H and O–H groups in total. The lowest BCUT2D eigenvalue weighted by molar-refractivity contribution is -0.168. The molecule has 144 valence electrons. The summed E-state index contributed by atoms with van der Waals surface area (Å²) in [5.41, 5.74) is -0.592. The zero-order valence-electron chi connectivity index (χ0n) is 16.2. The van der Waals surface area contributed by atoms with Gasteiger partial charge in [-0.05, 0) is 87.8 Å². The van der Waals surface area contributed by atoms with Crippen molar-refractivity contribution in [2.45, 2.75) is 57.2 Å². The molecule has 4 aliphatic carbocycles. The number of nitrogens with one attached hydrogen (secondary N) is 1. The summed E-state index contributed by atoms with van der Waals surface area (Å²) < 4.78 is 0. The number of carbonyl (C=O) groups is 1. The van der Waals surface area contributed by atoms with Crippen LogP contribution in [0.1, 0.15) is 61.9 Å². The Morgan fingerprint density at radius 2 is 1.81 bits per heavy atom. The lowest BCUT2D eigenvalue weighted by Gasteiger charge is -2.58.